The number of nitro groups is 1. The van der Waals surface area contributed by atoms with Gasteiger partial charge in [-0.25, -0.2) is 9.96 Å². The van der Waals surface area contributed by atoms with Crippen molar-refractivity contribution in [1.29, 1.82) is 0 Å². The number of anilines is 2. The quantitative estimate of drug-likeness (QED) is 0.288. The Morgan fingerprint density at radius 1 is 0.861 bits per heavy atom. The Morgan fingerprint density at radius 3 is 2.08 bits per heavy atom. The van der Waals surface area contributed by atoms with E-state index in [0.29, 0.717) is 11.3 Å². The molecule has 0 aliphatic carbocycles. The number of rotatable bonds is 5. The first-order valence-corrected chi connectivity index (χ1v) is 10.6. The van der Waals surface area contributed by atoms with Gasteiger partial charge in [-0.1, -0.05) is 30.3 Å². The SMILES string of the molecule is O=C1[C@H]2[C@H](ON(c3ccccc3)[C@@H]2c2ccc(OC(F)(F)F)cc2)C(=O)N1c1ccc([N+](=O)[O-])cc1. The van der Waals surface area contributed by atoms with Crippen molar-refractivity contribution in [1.82, 2.24) is 0 Å². The van der Waals surface area contributed by atoms with Crippen LogP contribution in [0.2, 0.25) is 0 Å². The maximum Gasteiger partial charge on any atom is 0.573 e. The zero-order valence-corrected chi connectivity index (χ0v) is 18.2. The van der Waals surface area contributed by atoms with Crippen molar-refractivity contribution in [3.63, 3.8) is 0 Å². The number of carbonyl (C=O) groups excluding carboxylic acids is 2. The summed E-state index contributed by atoms with van der Waals surface area (Å²) in [5.41, 5.74) is 0.902. The summed E-state index contributed by atoms with van der Waals surface area (Å²) in [6.07, 6.45) is -6.07. The van der Waals surface area contributed by atoms with Gasteiger partial charge in [0.05, 0.1) is 22.3 Å². The van der Waals surface area contributed by atoms with E-state index in [2.05, 4.69) is 4.74 Å². The molecule has 3 atom stereocenters. The standard InChI is InChI=1S/C24H16F3N3O6/c25-24(26,27)35-18-12-6-14(7-13-18)20-19-21(36-29(20)16-4-2-1-3-5-16)23(32)28(22(19)31)15-8-10-17(11-9-15)30(33)34/h1-13,19-21H/t19-,20-,21+/m1/s1. The third-order valence-corrected chi connectivity index (χ3v) is 5.90. The van der Waals surface area contributed by atoms with Crippen LogP contribution in [-0.2, 0) is 14.4 Å². The number of benzene rings is 3. The monoisotopic (exact) mass is 499 g/mol. The Balaban J connectivity index is 1.51. The van der Waals surface area contributed by atoms with Crippen LogP contribution in [0.3, 0.4) is 0 Å². The lowest BCUT2D eigenvalue weighted by atomic mass is 9.90. The minimum atomic E-state index is -4.86. The fraction of sp³-hybridized carbons (Fsp3) is 0.167. The molecule has 184 valence electrons. The van der Waals surface area contributed by atoms with E-state index in [-0.39, 0.29) is 11.4 Å². The molecule has 2 saturated heterocycles. The van der Waals surface area contributed by atoms with Crippen molar-refractivity contribution in [3.05, 3.63) is 94.5 Å². The zero-order chi connectivity index (χ0) is 25.6. The average Bonchev–Trinajstić information content (AvgIpc) is 3.35. The lowest BCUT2D eigenvalue weighted by Gasteiger charge is -2.28. The Kier molecular flexibility index (Phi) is 5.59. The molecule has 0 radical (unpaired) electrons. The third kappa shape index (κ3) is 4.11. The summed E-state index contributed by atoms with van der Waals surface area (Å²) in [7, 11) is 0. The van der Waals surface area contributed by atoms with Crippen molar-refractivity contribution in [2.24, 2.45) is 5.92 Å². The summed E-state index contributed by atoms with van der Waals surface area (Å²) in [6.45, 7) is 0. The van der Waals surface area contributed by atoms with Crippen LogP contribution in [0.25, 0.3) is 0 Å². The molecule has 0 bridgehead atoms. The van der Waals surface area contributed by atoms with Gasteiger partial charge >= 0.3 is 6.36 Å². The molecular weight excluding hydrogens is 483 g/mol. The zero-order valence-electron chi connectivity index (χ0n) is 18.2. The van der Waals surface area contributed by atoms with Gasteiger partial charge in [-0.3, -0.25) is 24.5 Å². The Labute approximate surface area is 201 Å². The first kappa shape index (κ1) is 23.3. The van der Waals surface area contributed by atoms with Crippen LogP contribution in [0.15, 0.2) is 78.9 Å². The van der Waals surface area contributed by atoms with E-state index in [0.717, 1.165) is 17.0 Å². The molecule has 0 unspecified atom stereocenters. The third-order valence-electron chi connectivity index (χ3n) is 5.90. The molecule has 9 nitrogen and oxygen atoms in total. The fourth-order valence-corrected chi connectivity index (χ4v) is 4.40. The lowest BCUT2D eigenvalue weighted by molar-refractivity contribution is -0.384. The van der Waals surface area contributed by atoms with Gasteiger partial charge in [0, 0.05) is 12.1 Å². The molecule has 36 heavy (non-hydrogen) atoms. The van der Waals surface area contributed by atoms with Crippen LogP contribution in [0, 0.1) is 16.0 Å². The number of hydrogen-bond donors (Lipinski definition) is 0. The summed E-state index contributed by atoms with van der Waals surface area (Å²) >= 11 is 0. The minimum absolute atomic E-state index is 0.146. The normalized spacial score (nSPS) is 21.6. The Hall–Kier alpha value is -4.45. The number of ether oxygens (including phenoxy) is 1. The molecule has 0 saturated carbocycles. The Morgan fingerprint density at radius 2 is 1.50 bits per heavy atom. The van der Waals surface area contributed by atoms with E-state index in [1.807, 2.05) is 0 Å². The molecule has 2 amide bonds. The molecule has 0 N–H and O–H groups in total. The summed E-state index contributed by atoms with van der Waals surface area (Å²) in [5.74, 6) is -2.71. The second kappa shape index (κ2) is 8.64. The van der Waals surface area contributed by atoms with Gasteiger partial charge < -0.3 is 4.74 Å². The van der Waals surface area contributed by atoms with E-state index in [4.69, 9.17) is 4.84 Å². The number of para-hydroxylation sites is 1. The van der Waals surface area contributed by atoms with Gasteiger partial charge in [0.1, 0.15) is 11.7 Å². The molecule has 3 aromatic carbocycles. The Bertz CT molecular complexity index is 1320. The molecule has 0 aromatic heterocycles. The van der Waals surface area contributed by atoms with Crippen LogP contribution < -0.4 is 14.7 Å². The predicted molar refractivity (Wildman–Crippen MR) is 119 cm³/mol. The number of alkyl halides is 3. The van der Waals surface area contributed by atoms with Gasteiger partial charge in [-0.2, -0.15) is 0 Å². The number of hydrogen-bond acceptors (Lipinski definition) is 7. The second-order valence-electron chi connectivity index (χ2n) is 8.06. The smallest absolute Gasteiger partial charge is 0.406 e. The van der Waals surface area contributed by atoms with E-state index < -0.39 is 46.9 Å². The van der Waals surface area contributed by atoms with Crippen molar-refractivity contribution in [3.8, 4) is 5.75 Å². The van der Waals surface area contributed by atoms with Crippen LogP contribution in [0.4, 0.5) is 30.2 Å². The number of carbonyl (C=O) groups is 2. The van der Waals surface area contributed by atoms with Crippen molar-refractivity contribution in [2.45, 2.75) is 18.5 Å². The number of halogens is 3. The highest BCUT2D eigenvalue weighted by Gasteiger charge is 2.60. The molecule has 12 heteroatoms. The van der Waals surface area contributed by atoms with Gasteiger partial charge in [-0.15, -0.1) is 13.2 Å². The van der Waals surface area contributed by atoms with Crippen molar-refractivity contribution >= 4 is 28.9 Å². The molecule has 3 aromatic rings. The molecule has 2 aliphatic rings. The number of fused-ring (bicyclic) bond motifs is 1. The first-order chi connectivity index (χ1) is 17.1. The van der Waals surface area contributed by atoms with Gasteiger partial charge in [-0.05, 0) is 42.0 Å². The first-order valence-electron chi connectivity index (χ1n) is 10.6. The topological polar surface area (TPSA) is 102 Å². The minimum Gasteiger partial charge on any atom is -0.406 e. The van der Waals surface area contributed by atoms with Crippen LogP contribution >= 0.6 is 0 Å². The average molecular weight is 499 g/mol. The highest BCUT2D eigenvalue weighted by molar-refractivity contribution is 6.23. The van der Waals surface area contributed by atoms with Gasteiger partial charge in [0.25, 0.3) is 11.6 Å². The van der Waals surface area contributed by atoms with Crippen LogP contribution in [0.1, 0.15) is 11.6 Å². The summed E-state index contributed by atoms with van der Waals surface area (Å²) in [4.78, 5) is 44.0. The summed E-state index contributed by atoms with van der Waals surface area (Å²) in [6, 6.07) is 17.7. The van der Waals surface area contributed by atoms with E-state index in [1.54, 1.807) is 30.3 Å². The second-order valence-corrected chi connectivity index (χ2v) is 8.06. The van der Waals surface area contributed by atoms with Crippen LogP contribution in [0.5, 0.6) is 5.75 Å². The summed E-state index contributed by atoms with van der Waals surface area (Å²) < 4.78 is 41.7. The van der Waals surface area contributed by atoms with Crippen molar-refractivity contribution in [2.75, 3.05) is 9.96 Å². The molecular formula is C24H16F3N3O6. The van der Waals surface area contributed by atoms with E-state index >= 15 is 0 Å². The van der Waals surface area contributed by atoms with E-state index in [1.165, 1.54) is 41.5 Å². The van der Waals surface area contributed by atoms with Crippen molar-refractivity contribution < 1.29 is 37.3 Å². The number of amides is 2. The van der Waals surface area contributed by atoms with Gasteiger partial charge in [0.15, 0.2) is 6.10 Å². The number of hydroxylamine groups is 1. The lowest BCUT2D eigenvalue weighted by Crippen LogP contribution is -2.37. The number of non-ortho nitro benzene ring substituents is 1. The fourth-order valence-electron chi connectivity index (χ4n) is 4.40. The highest BCUT2D eigenvalue weighted by atomic mass is 19.4. The van der Waals surface area contributed by atoms with Crippen LogP contribution in [-0.4, -0.2) is 29.2 Å². The number of nitrogens with zero attached hydrogens (tertiary/aromatic N) is 3. The maximum absolute atomic E-state index is 13.5. The number of nitro benzene ring substituents is 1. The molecule has 5 rings (SSSR count). The summed E-state index contributed by atoms with van der Waals surface area (Å²) in [5, 5.41) is 12.4. The van der Waals surface area contributed by atoms with Gasteiger partial charge in [0.2, 0.25) is 5.91 Å². The predicted octanol–water partition coefficient (Wildman–Crippen LogP) is 4.54. The molecule has 2 aliphatic heterocycles. The largest absolute Gasteiger partial charge is 0.573 e. The molecule has 0 spiro atoms. The maximum atomic E-state index is 13.5. The number of imide groups is 1. The highest BCUT2D eigenvalue weighted by Crippen LogP contribution is 2.47. The van der Waals surface area contributed by atoms with E-state index in [9.17, 15) is 32.9 Å². The molecule has 2 fully saturated rings. The molecule has 2 heterocycles.